The molecule has 0 aliphatic heterocycles. The molecular formula is C12H21O6P. The second kappa shape index (κ2) is 7.80. The fraction of sp³-hybridized carbons (Fsp3) is 0.750. The van der Waals surface area contributed by atoms with Crippen LogP contribution in [0.25, 0.3) is 0 Å². The molecule has 1 aliphatic rings. The molecule has 1 aliphatic carbocycles. The highest BCUT2D eigenvalue weighted by Crippen LogP contribution is 2.48. The third-order valence-electron chi connectivity index (χ3n) is 2.42. The summed E-state index contributed by atoms with van der Waals surface area (Å²) in [7, 11) is -3.18. The first kappa shape index (κ1) is 16.4. The minimum atomic E-state index is -3.18. The molecule has 7 heteroatoms. The van der Waals surface area contributed by atoms with Crippen LogP contribution >= 0.6 is 7.60 Å². The minimum Gasteiger partial charge on any atom is -0.458 e. The molecule has 0 N–H and O–H groups in total. The third-order valence-corrected chi connectivity index (χ3v) is 4.19. The van der Waals surface area contributed by atoms with Gasteiger partial charge < -0.3 is 18.5 Å². The van der Waals surface area contributed by atoms with E-state index in [1.165, 1.54) is 6.92 Å². The lowest BCUT2D eigenvalue weighted by Crippen LogP contribution is -2.17. The van der Waals surface area contributed by atoms with E-state index < -0.39 is 7.60 Å². The molecular weight excluding hydrogens is 271 g/mol. The Kier molecular flexibility index (Phi) is 6.72. The van der Waals surface area contributed by atoms with E-state index in [0.717, 1.165) is 0 Å². The Bertz CT molecular complexity index is 357. The smallest absolute Gasteiger partial charge is 0.356 e. The monoisotopic (exact) mass is 292 g/mol. The van der Waals surface area contributed by atoms with Crippen LogP contribution in [-0.2, 0) is 27.9 Å². The van der Waals surface area contributed by atoms with E-state index in [1.54, 1.807) is 26.0 Å². The van der Waals surface area contributed by atoms with E-state index in [0.29, 0.717) is 19.6 Å². The molecule has 1 rings (SSSR count). The standard InChI is InChI=1S/C12H21O6P/c1-4-16-19(14,17-5-2)9-15-11-6-7-12(8-11)18-10(3)13/h6-7,11-12H,4-5,8-9H2,1-3H3/t11-,12-/m0/s1. The molecule has 0 radical (unpaired) electrons. The highest BCUT2D eigenvalue weighted by atomic mass is 31.2. The van der Waals surface area contributed by atoms with Crippen molar-refractivity contribution in [2.75, 3.05) is 19.6 Å². The lowest BCUT2D eigenvalue weighted by Gasteiger charge is -2.19. The quantitative estimate of drug-likeness (QED) is 0.389. The van der Waals surface area contributed by atoms with Crippen LogP contribution in [-0.4, -0.2) is 37.7 Å². The number of rotatable bonds is 8. The van der Waals surface area contributed by atoms with Crippen molar-refractivity contribution in [3.8, 4) is 0 Å². The maximum atomic E-state index is 12.2. The largest absolute Gasteiger partial charge is 0.458 e. The molecule has 0 amide bonds. The summed E-state index contributed by atoms with van der Waals surface area (Å²) in [4.78, 5) is 10.8. The normalized spacial score (nSPS) is 22.7. The van der Waals surface area contributed by atoms with Gasteiger partial charge in [0.2, 0.25) is 0 Å². The van der Waals surface area contributed by atoms with E-state index >= 15 is 0 Å². The van der Waals surface area contributed by atoms with Crippen molar-refractivity contribution in [1.82, 2.24) is 0 Å². The van der Waals surface area contributed by atoms with E-state index in [1.807, 2.05) is 0 Å². The first-order chi connectivity index (χ1) is 8.99. The van der Waals surface area contributed by atoms with Crippen LogP contribution in [0.3, 0.4) is 0 Å². The van der Waals surface area contributed by atoms with Gasteiger partial charge in [0.25, 0.3) is 0 Å². The van der Waals surface area contributed by atoms with Gasteiger partial charge in [-0.1, -0.05) is 6.08 Å². The van der Waals surface area contributed by atoms with Crippen molar-refractivity contribution in [3.63, 3.8) is 0 Å². The van der Waals surface area contributed by atoms with E-state index in [9.17, 15) is 9.36 Å². The molecule has 0 heterocycles. The lowest BCUT2D eigenvalue weighted by molar-refractivity contribution is -0.144. The van der Waals surface area contributed by atoms with Gasteiger partial charge >= 0.3 is 13.6 Å². The zero-order valence-corrected chi connectivity index (χ0v) is 12.4. The SMILES string of the molecule is CCOP(=O)(CO[C@H]1C=C[C@H](OC(C)=O)C1)OCC. The van der Waals surface area contributed by atoms with E-state index in [2.05, 4.69) is 0 Å². The summed E-state index contributed by atoms with van der Waals surface area (Å²) in [6, 6.07) is 0. The molecule has 2 atom stereocenters. The number of hydrogen-bond acceptors (Lipinski definition) is 6. The summed E-state index contributed by atoms with van der Waals surface area (Å²) in [5.74, 6) is -0.329. The van der Waals surface area contributed by atoms with Crippen LogP contribution in [0.5, 0.6) is 0 Å². The molecule has 0 saturated heterocycles. The van der Waals surface area contributed by atoms with Gasteiger partial charge in [-0.25, -0.2) is 0 Å². The Morgan fingerprint density at radius 2 is 1.79 bits per heavy atom. The van der Waals surface area contributed by atoms with Crippen molar-refractivity contribution in [2.45, 2.75) is 39.4 Å². The molecule has 6 nitrogen and oxygen atoms in total. The molecule has 0 aromatic heterocycles. The van der Waals surface area contributed by atoms with Gasteiger partial charge in [0.1, 0.15) is 12.5 Å². The number of carbonyl (C=O) groups excluding carboxylic acids is 1. The van der Waals surface area contributed by atoms with Crippen LogP contribution < -0.4 is 0 Å². The Morgan fingerprint density at radius 3 is 2.32 bits per heavy atom. The molecule has 0 aromatic rings. The molecule has 0 fully saturated rings. The second-order valence-electron chi connectivity index (χ2n) is 4.05. The highest BCUT2D eigenvalue weighted by molar-refractivity contribution is 7.53. The molecule has 0 bridgehead atoms. The molecule has 110 valence electrons. The summed E-state index contributed by atoms with van der Waals surface area (Å²) in [5, 5.41) is 0. The molecule has 0 aromatic carbocycles. The zero-order valence-electron chi connectivity index (χ0n) is 11.5. The fourth-order valence-electron chi connectivity index (χ4n) is 1.75. The summed E-state index contributed by atoms with van der Waals surface area (Å²) >= 11 is 0. The zero-order chi connectivity index (χ0) is 14.3. The van der Waals surface area contributed by atoms with Crippen molar-refractivity contribution < 1.29 is 27.9 Å². The first-order valence-electron chi connectivity index (χ1n) is 6.34. The van der Waals surface area contributed by atoms with Crippen molar-refractivity contribution in [3.05, 3.63) is 12.2 Å². The maximum absolute atomic E-state index is 12.2. The van der Waals surface area contributed by atoms with Gasteiger partial charge in [-0.15, -0.1) is 0 Å². The third kappa shape index (κ3) is 5.87. The predicted octanol–water partition coefficient (Wildman–Crippen LogP) is 2.49. The summed E-state index contributed by atoms with van der Waals surface area (Å²) in [6.45, 7) is 5.46. The van der Waals surface area contributed by atoms with Crippen molar-refractivity contribution in [2.24, 2.45) is 0 Å². The molecule has 0 unspecified atom stereocenters. The highest BCUT2D eigenvalue weighted by Gasteiger charge is 2.28. The van der Waals surface area contributed by atoms with Gasteiger partial charge in [-0.05, 0) is 19.9 Å². The van der Waals surface area contributed by atoms with Crippen LogP contribution in [0.4, 0.5) is 0 Å². The molecule has 19 heavy (non-hydrogen) atoms. The van der Waals surface area contributed by atoms with Crippen LogP contribution in [0.1, 0.15) is 27.2 Å². The summed E-state index contributed by atoms with van der Waals surface area (Å²) in [5.41, 5.74) is 0. The van der Waals surface area contributed by atoms with Gasteiger partial charge in [0, 0.05) is 13.3 Å². The topological polar surface area (TPSA) is 71.1 Å². The van der Waals surface area contributed by atoms with Gasteiger partial charge in [-0.3, -0.25) is 9.36 Å². The summed E-state index contributed by atoms with van der Waals surface area (Å²) < 4.78 is 32.9. The minimum absolute atomic E-state index is 0.101. The predicted molar refractivity (Wildman–Crippen MR) is 69.9 cm³/mol. The number of hydrogen-bond donors (Lipinski definition) is 0. The molecule has 0 saturated carbocycles. The fourth-order valence-corrected chi connectivity index (χ4v) is 3.13. The Labute approximate surface area is 113 Å². The van der Waals surface area contributed by atoms with E-state index in [-0.39, 0.29) is 24.5 Å². The number of carbonyl (C=O) groups is 1. The van der Waals surface area contributed by atoms with Crippen LogP contribution in [0.2, 0.25) is 0 Å². The van der Waals surface area contributed by atoms with Crippen LogP contribution in [0.15, 0.2) is 12.2 Å². The average molecular weight is 292 g/mol. The Balaban J connectivity index is 2.38. The number of esters is 1. The average Bonchev–Trinajstić information content (AvgIpc) is 2.74. The van der Waals surface area contributed by atoms with Crippen LogP contribution in [0, 0.1) is 0 Å². The maximum Gasteiger partial charge on any atom is 0.356 e. The Hall–Kier alpha value is -0.680. The number of ether oxygens (including phenoxy) is 2. The van der Waals surface area contributed by atoms with Crippen molar-refractivity contribution >= 4 is 13.6 Å². The lowest BCUT2D eigenvalue weighted by atomic mass is 10.3. The second-order valence-corrected chi connectivity index (χ2v) is 6.05. The Morgan fingerprint density at radius 1 is 1.21 bits per heavy atom. The van der Waals surface area contributed by atoms with Gasteiger partial charge in [-0.2, -0.15) is 0 Å². The molecule has 0 spiro atoms. The first-order valence-corrected chi connectivity index (χ1v) is 8.07. The van der Waals surface area contributed by atoms with E-state index in [4.69, 9.17) is 18.5 Å². The summed E-state index contributed by atoms with van der Waals surface area (Å²) in [6.07, 6.45) is 3.46. The van der Waals surface area contributed by atoms with Gasteiger partial charge in [0.15, 0.2) is 0 Å². The van der Waals surface area contributed by atoms with Gasteiger partial charge in [0.05, 0.1) is 19.3 Å². The van der Waals surface area contributed by atoms with Crippen molar-refractivity contribution in [1.29, 1.82) is 0 Å².